The second-order valence-electron chi connectivity index (χ2n) is 4.01. The molecule has 1 N–H and O–H groups in total. The Hall–Kier alpha value is 0.290. The van der Waals surface area contributed by atoms with E-state index in [1.165, 1.54) is 0 Å². The molecule has 0 aliphatic heterocycles. The maximum atomic E-state index is 10.7. The van der Waals surface area contributed by atoms with E-state index in [1.807, 2.05) is 0 Å². The Labute approximate surface area is 79.9 Å². The average Bonchev–Trinajstić information content (AvgIpc) is 1.76. The first-order chi connectivity index (χ1) is 5.21. The van der Waals surface area contributed by atoms with E-state index in [0.717, 1.165) is 23.9 Å². The summed E-state index contributed by atoms with van der Waals surface area (Å²) in [5.74, 6) is 0.252. The van der Waals surface area contributed by atoms with Gasteiger partial charge in [0.15, 0.2) is 0 Å². The summed E-state index contributed by atoms with van der Waals surface area (Å²) in [6, 6.07) is 0. The van der Waals surface area contributed by atoms with Crippen molar-refractivity contribution in [3.8, 4) is 0 Å². The van der Waals surface area contributed by atoms with E-state index in [4.69, 9.17) is 4.55 Å². The van der Waals surface area contributed by atoms with Gasteiger partial charge in [-0.1, -0.05) is 0 Å². The molecule has 74 valence electrons. The van der Waals surface area contributed by atoms with Crippen molar-refractivity contribution in [3.05, 3.63) is 0 Å². The molecule has 0 amide bonds. The smallest absolute Gasteiger partial charge is 0.141 e. The largest absolute Gasteiger partial charge is 0.331 e. The lowest BCUT2D eigenvalue weighted by molar-refractivity contribution is -0.870. The molecule has 1 unspecified atom stereocenters. The lowest BCUT2D eigenvalue weighted by Gasteiger charge is -2.23. The maximum Gasteiger partial charge on any atom is 0.141 e. The van der Waals surface area contributed by atoms with Crippen LogP contribution in [0.4, 0.5) is 0 Å². The minimum absolute atomic E-state index is 0.252. The summed E-state index contributed by atoms with van der Waals surface area (Å²) in [6.45, 7) is 1.02. The van der Waals surface area contributed by atoms with Crippen LogP contribution in [0.1, 0.15) is 12.8 Å². The van der Waals surface area contributed by atoms with Crippen LogP contribution < -0.4 is 0 Å². The Morgan fingerprint density at radius 2 is 1.83 bits per heavy atom. The minimum atomic E-state index is -2.92. The van der Waals surface area contributed by atoms with Crippen LogP contribution in [0, 0.1) is 0 Å². The molecule has 12 heavy (non-hydrogen) atoms. The van der Waals surface area contributed by atoms with Crippen LogP contribution in [0.15, 0.2) is 0 Å². The van der Waals surface area contributed by atoms with Crippen molar-refractivity contribution in [1.29, 1.82) is 0 Å². The molecule has 0 aromatic heterocycles. The van der Waals surface area contributed by atoms with E-state index in [9.17, 15) is 4.21 Å². The van der Waals surface area contributed by atoms with Crippen LogP contribution in [-0.4, -0.2) is 46.7 Å². The van der Waals surface area contributed by atoms with Gasteiger partial charge >= 0.3 is 0 Å². The lowest BCUT2D eigenvalue weighted by Crippen LogP contribution is -2.35. The highest BCUT2D eigenvalue weighted by molar-refractivity contribution is 8.29. The Morgan fingerprint density at radius 1 is 1.33 bits per heavy atom. The summed E-state index contributed by atoms with van der Waals surface area (Å²) in [4.78, 5) is 0. The molecule has 0 heterocycles. The first kappa shape index (κ1) is 12.3. The summed E-state index contributed by atoms with van der Waals surface area (Å²) in [5.41, 5.74) is 0. The van der Waals surface area contributed by atoms with Crippen LogP contribution in [0.5, 0.6) is 0 Å². The zero-order chi connectivity index (χ0) is 9.83. The van der Waals surface area contributed by atoms with Gasteiger partial charge in [0.05, 0.1) is 33.4 Å². The lowest BCUT2D eigenvalue weighted by atomic mass is 10.3. The fourth-order valence-electron chi connectivity index (χ4n) is 0.871. The second kappa shape index (κ2) is 4.50. The van der Waals surface area contributed by atoms with E-state index in [2.05, 4.69) is 32.3 Å². The van der Waals surface area contributed by atoms with Gasteiger partial charge in [-0.3, -0.25) is 0 Å². The van der Waals surface area contributed by atoms with Gasteiger partial charge in [-0.2, -0.15) is 0 Å². The second-order valence-corrected chi connectivity index (χ2v) is 7.14. The summed E-state index contributed by atoms with van der Waals surface area (Å²) in [7, 11) is 3.39. The van der Waals surface area contributed by atoms with Gasteiger partial charge in [0.1, 0.15) is 8.77 Å². The standard InChI is InChI=1S/C7H17NO2S2/c1-8(2,3)6-4-5-7-12(9,10)11/h4-7H2,1-3H3/p+1. The Morgan fingerprint density at radius 3 is 2.17 bits per heavy atom. The van der Waals surface area contributed by atoms with Crippen molar-refractivity contribution >= 4 is 20.0 Å². The van der Waals surface area contributed by atoms with Crippen molar-refractivity contribution < 1.29 is 13.2 Å². The number of hydrogen-bond donors (Lipinski definition) is 1. The Balaban J connectivity index is 3.48. The molecular weight excluding hydrogens is 194 g/mol. The number of nitrogens with zero attached hydrogens (tertiary/aromatic N) is 1. The van der Waals surface area contributed by atoms with E-state index in [-0.39, 0.29) is 5.75 Å². The van der Waals surface area contributed by atoms with Crippen molar-refractivity contribution in [2.75, 3.05) is 33.4 Å². The third-order valence-corrected chi connectivity index (χ3v) is 2.79. The highest BCUT2D eigenvalue weighted by atomic mass is 32.8. The maximum absolute atomic E-state index is 10.7. The topological polar surface area (TPSA) is 37.3 Å². The molecular formula is C7H18NO2S2+. The van der Waals surface area contributed by atoms with Crippen LogP contribution in [0.3, 0.4) is 0 Å². The van der Waals surface area contributed by atoms with Crippen LogP contribution >= 0.6 is 0 Å². The molecule has 0 aliphatic rings. The van der Waals surface area contributed by atoms with E-state index >= 15 is 0 Å². The Bertz CT molecular complexity index is 216. The van der Waals surface area contributed by atoms with E-state index < -0.39 is 8.77 Å². The van der Waals surface area contributed by atoms with Gasteiger partial charge in [-0.05, 0) is 12.8 Å². The van der Waals surface area contributed by atoms with Crippen molar-refractivity contribution in [2.24, 2.45) is 0 Å². The highest BCUT2D eigenvalue weighted by Gasteiger charge is 2.07. The molecule has 5 heteroatoms. The summed E-state index contributed by atoms with van der Waals surface area (Å²) >= 11 is 4.37. The van der Waals surface area contributed by atoms with Gasteiger partial charge in [0.25, 0.3) is 0 Å². The first-order valence-corrected chi connectivity index (χ1v) is 6.57. The summed E-state index contributed by atoms with van der Waals surface area (Å²) in [5, 5.41) is 0. The van der Waals surface area contributed by atoms with Crippen LogP contribution in [0.25, 0.3) is 0 Å². The number of hydrogen-bond acceptors (Lipinski definition) is 2. The molecule has 0 spiro atoms. The van der Waals surface area contributed by atoms with E-state index in [0.29, 0.717) is 0 Å². The minimum Gasteiger partial charge on any atom is -0.331 e. The normalized spacial score (nSPS) is 17.3. The fourth-order valence-corrected chi connectivity index (χ4v) is 1.79. The molecule has 1 atom stereocenters. The number of unbranched alkanes of at least 4 members (excludes halogenated alkanes) is 1. The van der Waals surface area contributed by atoms with Gasteiger partial charge < -0.3 is 9.04 Å². The van der Waals surface area contributed by atoms with Crippen molar-refractivity contribution in [3.63, 3.8) is 0 Å². The fraction of sp³-hybridized carbons (Fsp3) is 1.00. The van der Waals surface area contributed by atoms with E-state index in [1.54, 1.807) is 0 Å². The van der Waals surface area contributed by atoms with Crippen LogP contribution in [0.2, 0.25) is 0 Å². The van der Waals surface area contributed by atoms with Crippen molar-refractivity contribution in [1.82, 2.24) is 0 Å². The first-order valence-electron chi connectivity index (χ1n) is 3.96. The van der Waals surface area contributed by atoms with Crippen LogP contribution in [-0.2, 0) is 20.0 Å². The molecule has 3 nitrogen and oxygen atoms in total. The third kappa shape index (κ3) is 10.3. The average molecular weight is 212 g/mol. The van der Waals surface area contributed by atoms with Gasteiger partial charge in [0.2, 0.25) is 0 Å². The quantitative estimate of drug-likeness (QED) is 0.538. The molecule has 0 aliphatic carbocycles. The number of rotatable bonds is 5. The highest BCUT2D eigenvalue weighted by Crippen LogP contribution is 1.99. The zero-order valence-electron chi connectivity index (χ0n) is 7.95. The van der Waals surface area contributed by atoms with Gasteiger partial charge in [-0.15, -0.1) is 0 Å². The SMILES string of the molecule is C[N+](C)(C)CCCCS(=O)(O)=S. The van der Waals surface area contributed by atoms with Gasteiger partial charge in [-0.25, -0.2) is 4.21 Å². The molecule has 0 fully saturated rings. The third-order valence-electron chi connectivity index (χ3n) is 1.48. The summed E-state index contributed by atoms with van der Waals surface area (Å²) in [6.07, 6.45) is 1.70. The molecule has 0 bridgehead atoms. The molecule has 0 saturated carbocycles. The molecule has 0 aromatic rings. The zero-order valence-corrected chi connectivity index (χ0v) is 9.58. The van der Waals surface area contributed by atoms with Gasteiger partial charge in [0, 0.05) is 11.2 Å². The summed E-state index contributed by atoms with van der Waals surface area (Å²) < 4.78 is 20.4. The molecule has 0 rings (SSSR count). The predicted molar refractivity (Wildman–Crippen MR) is 55.1 cm³/mol. The molecule has 0 saturated heterocycles. The molecule has 0 aromatic carbocycles. The Kier molecular flexibility index (Phi) is 4.61. The molecule has 0 radical (unpaired) electrons. The van der Waals surface area contributed by atoms with Crippen molar-refractivity contribution in [2.45, 2.75) is 12.8 Å². The predicted octanol–water partition coefficient (Wildman–Crippen LogP) is 0.692. The monoisotopic (exact) mass is 212 g/mol. The number of quaternary nitrogens is 1.